The lowest BCUT2D eigenvalue weighted by atomic mass is 10.1. The highest BCUT2D eigenvalue weighted by atomic mass is 16.6. The quantitative estimate of drug-likeness (QED) is 0.103. The van der Waals surface area contributed by atoms with Gasteiger partial charge in [0.1, 0.15) is 12.7 Å². The van der Waals surface area contributed by atoms with Gasteiger partial charge in [0.2, 0.25) is 0 Å². The van der Waals surface area contributed by atoms with Gasteiger partial charge in [0, 0.05) is 19.3 Å². The van der Waals surface area contributed by atoms with Crippen LogP contribution in [0.25, 0.3) is 0 Å². The highest BCUT2D eigenvalue weighted by Gasteiger charge is 2.23. The van der Waals surface area contributed by atoms with Crippen LogP contribution in [0.1, 0.15) is 122 Å². The summed E-state index contributed by atoms with van der Waals surface area (Å²) in [5, 5.41) is 0. The van der Waals surface area contributed by atoms with Crippen LogP contribution in [-0.2, 0) is 14.3 Å². The van der Waals surface area contributed by atoms with E-state index in [2.05, 4.69) is 18.8 Å². The van der Waals surface area contributed by atoms with Gasteiger partial charge in [0.15, 0.2) is 0 Å². The number of epoxide rings is 1. The molecule has 0 radical (unpaired) electrons. The highest BCUT2D eigenvalue weighted by molar-refractivity contribution is 5.69. The fourth-order valence-electron chi connectivity index (χ4n) is 3.31. The van der Waals surface area contributed by atoms with Gasteiger partial charge in [-0.05, 0) is 19.3 Å². The third-order valence-corrected chi connectivity index (χ3v) is 5.30. The third kappa shape index (κ3) is 18.4. The molecule has 0 saturated carbocycles. The van der Waals surface area contributed by atoms with Gasteiger partial charge >= 0.3 is 5.97 Å². The largest absolute Gasteiger partial charge is 0.463 e. The van der Waals surface area contributed by atoms with Crippen LogP contribution >= 0.6 is 0 Å². The van der Waals surface area contributed by atoms with E-state index in [1.807, 2.05) is 0 Å². The predicted octanol–water partition coefficient (Wildman–Crippen LogP) is 6.97. The molecule has 3 heteroatoms. The molecule has 0 aromatic carbocycles. The average Bonchev–Trinajstić information content (AvgIpc) is 3.52. The summed E-state index contributed by atoms with van der Waals surface area (Å²) in [6.45, 7) is 3.46. The number of esters is 1. The number of rotatable bonds is 19. The normalized spacial score (nSPS) is 15.1. The zero-order valence-corrected chi connectivity index (χ0v) is 18.4. The maximum atomic E-state index is 11.5. The highest BCUT2D eigenvalue weighted by Crippen LogP contribution is 2.13. The molecule has 1 fully saturated rings. The molecule has 0 aromatic rings. The molecule has 0 bridgehead atoms. The van der Waals surface area contributed by atoms with Crippen LogP contribution in [0.5, 0.6) is 0 Å². The zero-order valence-electron chi connectivity index (χ0n) is 18.4. The molecule has 162 valence electrons. The summed E-state index contributed by atoms with van der Waals surface area (Å²) in [7, 11) is 0. The van der Waals surface area contributed by atoms with E-state index in [4.69, 9.17) is 9.47 Å². The van der Waals surface area contributed by atoms with Crippen LogP contribution < -0.4 is 0 Å². The summed E-state index contributed by atoms with van der Waals surface area (Å²) in [6.07, 6.45) is 22.3. The first-order valence-electron chi connectivity index (χ1n) is 12.1. The molecular formula is C25H44O3. The topological polar surface area (TPSA) is 38.8 Å². The molecule has 0 N–H and O–H groups in total. The number of hydrogen-bond acceptors (Lipinski definition) is 3. The molecule has 0 spiro atoms. The molecule has 1 aliphatic rings. The van der Waals surface area contributed by atoms with Crippen molar-refractivity contribution in [2.24, 2.45) is 0 Å². The first kappa shape index (κ1) is 25.0. The Balaban J connectivity index is 1.69. The Kier molecular flexibility index (Phi) is 17.3. The first-order chi connectivity index (χ1) is 13.8. The van der Waals surface area contributed by atoms with Crippen molar-refractivity contribution in [1.82, 2.24) is 0 Å². The van der Waals surface area contributed by atoms with Crippen LogP contribution in [0.2, 0.25) is 0 Å². The van der Waals surface area contributed by atoms with Gasteiger partial charge in [0.25, 0.3) is 0 Å². The molecule has 1 unspecified atom stereocenters. The van der Waals surface area contributed by atoms with Crippen LogP contribution in [0.3, 0.4) is 0 Å². The Hall–Kier alpha value is -1.01. The first-order valence-corrected chi connectivity index (χ1v) is 12.1. The van der Waals surface area contributed by atoms with Gasteiger partial charge in [-0.25, -0.2) is 0 Å². The zero-order chi connectivity index (χ0) is 20.1. The Morgan fingerprint density at radius 3 is 1.75 bits per heavy atom. The van der Waals surface area contributed by atoms with E-state index >= 15 is 0 Å². The molecule has 0 amide bonds. The second kappa shape index (κ2) is 19.3. The van der Waals surface area contributed by atoms with Crippen molar-refractivity contribution in [1.29, 1.82) is 0 Å². The smallest absolute Gasteiger partial charge is 0.305 e. The van der Waals surface area contributed by atoms with Crippen LogP contribution in [-0.4, -0.2) is 25.3 Å². The predicted molar refractivity (Wildman–Crippen MR) is 117 cm³/mol. The van der Waals surface area contributed by atoms with Crippen molar-refractivity contribution in [2.75, 3.05) is 13.2 Å². The van der Waals surface area contributed by atoms with Gasteiger partial charge in [-0.2, -0.15) is 0 Å². The molecule has 1 aliphatic heterocycles. The van der Waals surface area contributed by atoms with Crippen molar-refractivity contribution >= 4 is 5.97 Å². The molecule has 1 rings (SSSR count). The summed E-state index contributed by atoms with van der Waals surface area (Å²) in [6, 6.07) is 0. The van der Waals surface area contributed by atoms with Crippen molar-refractivity contribution in [3.63, 3.8) is 0 Å². The van der Waals surface area contributed by atoms with Gasteiger partial charge < -0.3 is 9.47 Å². The Labute approximate surface area is 174 Å². The SMILES string of the molecule is CCCCCCCCC#CCCCCCCCCCCCC(=O)OCC1CO1. The summed E-state index contributed by atoms with van der Waals surface area (Å²) >= 11 is 0. The van der Waals surface area contributed by atoms with Crippen molar-refractivity contribution in [3.05, 3.63) is 0 Å². The average molecular weight is 393 g/mol. The van der Waals surface area contributed by atoms with E-state index in [0.717, 1.165) is 32.3 Å². The maximum absolute atomic E-state index is 11.5. The van der Waals surface area contributed by atoms with E-state index in [1.54, 1.807) is 0 Å². The van der Waals surface area contributed by atoms with Gasteiger partial charge in [0.05, 0.1) is 6.61 Å². The van der Waals surface area contributed by atoms with E-state index in [1.165, 1.54) is 83.5 Å². The molecular weight excluding hydrogens is 348 g/mol. The lowest BCUT2D eigenvalue weighted by Crippen LogP contribution is -2.09. The number of unbranched alkanes of at least 4 members (excludes halogenated alkanes) is 15. The number of hydrogen-bond donors (Lipinski definition) is 0. The minimum atomic E-state index is -0.0643. The minimum absolute atomic E-state index is 0.0643. The van der Waals surface area contributed by atoms with E-state index in [0.29, 0.717) is 13.0 Å². The summed E-state index contributed by atoms with van der Waals surface area (Å²) < 4.78 is 10.1. The second-order valence-corrected chi connectivity index (χ2v) is 8.19. The van der Waals surface area contributed by atoms with Crippen molar-refractivity contribution in [3.8, 4) is 11.8 Å². The van der Waals surface area contributed by atoms with Crippen LogP contribution in [0.15, 0.2) is 0 Å². The fourth-order valence-corrected chi connectivity index (χ4v) is 3.31. The second-order valence-electron chi connectivity index (χ2n) is 8.19. The Morgan fingerprint density at radius 2 is 1.25 bits per heavy atom. The van der Waals surface area contributed by atoms with Crippen molar-refractivity contribution < 1.29 is 14.3 Å². The fraction of sp³-hybridized carbons (Fsp3) is 0.880. The van der Waals surface area contributed by atoms with Crippen LogP contribution in [0.4, 0.5) is 0 Å². The van der Waals surface area contributed by atoms with Crippen LogP contribution in [0, 0.1) is 11.8 Å². The van der Waals surface area contributed by atoms with Gasteiger partial charge in [-0.3, -0.25) is 4.79 Å². The lowest BCUT2D eigenvalue weighted by molar-refractivity contribution is -0.144. The molecule has 1 atom stereocenters. The number of ether oxygens (including phenoxy) is 2. The summed E-state index contributed by atoms with van der Waals surface area (Å²) in [5.74, 6) is 6.62. The van der Waals surface area contributed by atoms with E-state index in [-0.39, 0.29) is 12.1 Å². The number of carbonyl (C=O) groups excluding carboxylic acids is 1. The molecule has 1 saturated heterocycles. The molecule has 28 heavy (non-hydrogen) atoms. The molecule has 0 aromatic heterocycles. The van der Waals surface area contributed by atoms with Gasteiger partial charge in [-0.1, -0.05) is 84.0 Å². The summed E-state index contributed by atoms with van der Waals surface area (Å²) in [5.41, 5.74) is 0. The third-order valence-electron chi connectivity index (χ3n) is 5.30. The summed E-state index contributed by atoms with van der Waals surface area (Å²) in [4.78, 5) is 11.5. The Morgan fingerprint density at radius 1 is 0.786 bits per heavy atom. The molecule has 3 nitrogen and oxygen atoms in total. The maximum Gasteiger partial charge on any atom is 0.305 e. The van der Waals surface area contributed by atoms with Gasteiger partial charge in [-0.15, -0.1) is 11.8 Å². The Bertz CT molecular complexity index is 417. The standard InChI is InChI=1S/C25H44O3/c1-2-3-4-5-6-7-8-9-10-11-12-13-14-15-16-17-18-19-20-21-25(26)28-23-24-22-27-24/h24H,2-8,11-23H2,1H3. The molecule has 0 aliphatic carbocycles. The molecule has 1 heterocycles. The van der Waals surface area contributed by atoms with E-state index < -0.39 is 0 Å². The number of carbonyl (C=O) groups is 1. The monoisotopic (exact) mass is 392 g/mol. The minimum Gasteiger partial charge on any atom is -0.463 e. The van der Waals surface area contributed by atoms with E-state index in [9.17, 15) is 4.79 Å². The lowest BCUT2D eigenvalue weighted by Gasteiger charge is -2.03. The van der Waals surface area contributed by atoms with Crippen molar-refractivity contribution in [2.45, 2.75) is 129 Å².